The Morgan fingerprint density at radius 3 is 3.00 bits per heavy atom. The summed E-state index contributed by atoms with van der Waals surface area (Å²) in [6.45, 7) is 2.15. The van der Waals surface area contributed by atoms with E-state index < -0.39 is 0 Å². The van der Waals surface area contributed by atoms with E-state index >= 15 is 0 Å². The first-order chi connectivity index (χ1) is 7.27. The lowest BCUT2D eigenvalue weighted by atomic mass is 10.2. The molecule has 4 heteroatoms. The van der Waals surface area contributed by atoms with E-state index in [4.69, 9.17) is 0 Å². The van der Waals surface area contributed by atoms with Gasteiger partial charge in [-0.05, 0) is 40.4 Å². The van der Waals surface area contributed by atoms with Gasteiger partial charge in [-0.2, -0.15) is 0 Å². The quantitative estimate of drug-likeness (QED) is 0.918. The summed E-state index contributed by atoms with van der Waals surface area (Å²) in [5.74, 6) is 0. The van der Waals surface area contributed by atoms with Gasteiger partial charge in [0.1, 0.15) is 0 Å². The van der Waals surface area contributed by atoms with Gasteiger partial charge in [0.15, 0.2) is 0 Å². The van der Waals surface area contributed by atoms with E-state index in [9.17, 15) is 0 Å². The number of nitrogens with one attached hydrogen (secondary N) is 1. The van der Waals surface area contributed by atoms with Crippen molar-refractivity contribution in [2.45, 2.75) is 13.0 Å². The van der Waals surface area contributed by atoms with Crippen LogP contribution in [0.15, 0.2) is 40.4 Å². The topological polar surface area (TPSA) is 24.9 Å². The number of pyridine rings is 1. The van der Waals surface area contributed by atoms with E-state index in [1.54, 1.807) is 23.7 Å². The Kier molecular flexibility index (Phi) is 3.38. The largest absolute Gasteiger partial charge is 0.377 e. The number of hydrogen-bond donors (Lipinski definition) is 1. The molecule has 0 saturated heterocycles. The number of aromatic nitrogens is 1. The Morgan fingerprint density at radius 2 is 2.33 bits per heavy atom. The Morgan fingerprint density at radius 1 is 1.47 bits per heavy atom. The van der Waals surface area contributed by atoms with Crippen molar-refractivity contribution >= 4 is 33.0 Å². The number of rotatable bonds is 3. The fourth-order valence-corrected chi connectivity index (χ4v) is 2.43. The predicted octanol–water partition coefficient (Wildman–Crippen LogP) is 4.08. The van der Waals surface area contributed by atoms with E-state index in [0.717, 1.165) is 10.2 Å². The molecule has 2 rings (SSSR count). The third kappa shape index (κ3) is 2.58. The van der Waals surface area contributed by atoms with Crippen LogP contribution in [-0.4, -0.2) is 4.98 Å². The lowest BCUT2D eigenvalue weighted by molar-refractivity contribution is 0.905. The Labute approximate surface area is 101 Å². The molecule has 2 aromatic heterocycles. The van der Waals surface area contributed by atoms with Crippen LogP contribution in [0, 0.1) is 0 Å². The average Bonchev–Trinajstić information content (AvgIpc) is 2.74. The SMILES string of the molecule is CC(Nc1ccncc1Br)c1cccs1. The molecule has 0 bridgehead atoms. The molecule has 0 aliphatic heterocycles. The van der Waals surface area contributed by atoms with Crippen LogP contribution in [0.3, 0.4) is 0 Å². The molecule has 0 saturated carbocycles. The van der Waals surface area contributed by atoms with Crippen molar-refractivity contribution in [3.63, 3.8) is 0 Å². The maximum absolute atomic E-state index is 4.03. The zero-order valence-corrected chi connectivity index (χ0v) is 10.7. The second-order valence-electron chi connectivity index (χ2n) is 3.24. The molecule has 0 aliphatic carbocycles. The van der Waals surface area contributed by atoms with Crippen molar-refractivity contribution in [1.82, 2.24) is 4.98 Å². The highest BCUT2D eigenvalue weighted by atomic mass is 79.9. The Balaban J connectivity index is 2.13. The van der Waals surface area contributed by atoms with Crippen LogP contribution in [0.25, 0.3) is 0 Å². The normalized spacial score (nSPS) is 12.4. The van der Waals surface area contributed by atoms with Crippen molar-refractivity contribution in [2.75, 3.05) is 5.32 Å². The predicted molar refractivity (Wildman–Crippen MR) is 68.3 cm³/mol. The summed E-state index contributed by atoms with van der Waals surface area (Å²) in [5, 5.41) is 5.53. The van der Waals surface area contributed by atoms with Crippen LogP contribution in [0.2, 0.25) is 0 Å². The highest BCUT2D eigenvalue weighted by molar-refractivity contribution is 9.10. The van der Waals surface area contributed by atoms with Crippen molar-refractivity contribution in [3.8, 4) is 0 Å². The monoisotopic (exact) mass is 282 g/mol. The van der Waals surface area contributed by atoms with Gasteiger partial charge < -0.3 is 5.32 Å². The molecular formula is C11H11BrN2S. The molecule has 1 N–H and O–H groups in total. The summed E-state index contributed by atoms with van der Waals surface area (Å²) < 4.78 is 0.994. The van der Waals surface area contributed by atoms with Gasteiger partial charge in [-0.15, -0.1) is 11.3 Å². The van der Waals surface area contributed by atoms with Gasteiger partial charge in [-0.1, -0.05) is 6.07 Å². The van der Waals surface area contributed by atoms with Crippen LogP contribution in [0.4, 0.5) is 5.69 Å². The second kappa shape index (κ2) is 4.77. The maximum atomic E-state index is 4.03. The molecule has 2 aromatic rings. The molecule has 0 radical (unpaired) electrons. The van der Waals surface area contributed by atoms with Gasteiger partial charge in [-0.25, -0.2) is 0 Å². The number of anilines is 1. The number of halogens is 1. The van der Waals surface area contributed by atoms with Gasteiger partial charge in [0.25, 0.3) is 0 Å². The van der Waals surface area contributed by atoms with Crippen LogP contribution in [0.1, 0.15) is 17.8 Å². The van der Waals surface area contributed by atoms with Crippen LogP contribution in [-0.2, 0) is 0 Å². The Bertz CT molecular complexity index is 428. The van der Waals surface area contributed by atoms with Crippen molar-refractivity contribution < 1.29 is 0 Å². The summed E-state index contributed by atoms with van der Waals surface area (Å²) in [6.07, 6.45) is 3.58. The van der Waals surface area contributed by atoms with Gasteiger partial charge in [0.2, 0.25) is 0 Å². The van der Waals surface area contributed by atoms with Crippen molar-refractivity contribution in [3.05, 3.63) is 45.3 Å². The summed E-state index contributed by atoms with van der Waals surface area (Å²) in [5.41, 5.74) is 1.07. The molecule has 2 nitrogen and oxygen atoms in total. The number of hydrogen-bond acceptors (Lipinski definition) is 3. The molecular weight excluding hydrogens is 272 g/mol. The minimum Gasteiger partial charge on any atom is -0.377 e. The summed E-state index contributed by atoms with van der Waals surface area (Å²) in [7, 11) is 0. The van der Waals surface area contributed by atoms with Crippen molar-refractivity contribution in [1.29, 1.82) is 0 Å². The summed E-state index contributed by atoms with van der Waals surface area (Å²) in [4.78, 5) is 5.36. The second-order valence-corrected chi connectivity index (χ2v) is 5.07. The average molecular weight is 283 g/mol. The first-order valence-electron chi connectivity index (χ1n) is 4.67. The van der Waals surface area contributed by atoms with E-state index in [-0.39, 0.29) is 0 Å². The maximum Gasteiger partial charge on any atom is 0.0590 e. The van der Waals surface area contributed by atoms with Crippen LogP contribution in [0.5, 0.6) is 0 Å². The molecule has 2 heterocycles. The van der Waals surface area contributed by atoms with Gasteiger partial charge in [0.05, 0.1) is 16.2 Å². The van der Waals surface area contributed by atoms with E-state index in [2.05, 4.69) is 50.7 Å². The first kappa shape index (κ1) is 10.6. The first-order valence-corrected chi connectivity index (χ1v) is 6.34. The molecule has 1 atom stereocenters. The van der Waals surface area contributed by atoms with Crippen molar-refractivity contribution in [2.24, 2.45) is 0 Å². The van der Waals surface area contributed by atoms with Gasteiger partial charge in [0, 0.05) is 17.3 Å². The molecule has 1 unspecified atom stereocenters. The zero-order valence-electron chi connectivity index (χ0n) is 8.27. The highest BCUT2D eigenvalue weighted by Gasteiger charge is 2.07. The van der Waals surface area contributed by atoms with E-state index in [1.165, 1.54) is 4.88 Å². The smallest absolute Gasteiger partial charge is 0.0590 e. The third-order valence-corrected chi connectivity index (χ3v) is 3.80. The Hall–Kier alpha value is -0.870. The fourth-order valence-electron chi connectivity index (χ4n) is 1.33. The highest BCUT2D eigenvalue weighted by Crippen LogP contribution is 2.27. The molecule has 0 spiro atoms. The zero-order chi connectivity index (χ0) is 10.7. The lowest BCUT2D eigenvalue weighted by Gasteiger charge is -2.14. The molecule has 0 fully saturated rings. The number of thiophene rings is 1. The van der Waals surface area contributed by atoms with Gasteiger partial charge >= 0.3 is 0 Å². The molecule has 78 valence electrons. The minimum atomic E-state index is 0.323. The molecule has 15 heavy (non-hydrogen) atoms. The standard InChI is InChI=1S/C11H11BrN2S/c1-8(11-3-2-6-15-11)14-10-4-5-13-7-9(10)12/h2-8H,1H3,(H,13,14). The summed E-state index contributed by atoms with van der Waals surface area (Å²) >= 11 is 5.23. The minimum absolute atomic E-state index is 0.323. The fraction of sp³-hybridized carbons (Fsp3) is 0.182. The molecule has 0 aromatic carbocycles. The van der Waals surface area contributed by atoms with E-state index in [1.807, 2.05) is 6.07 Å². The molecule has 0 aliphatic rings. The van der Waals surface area contributed by atoms with Crippen LogP contribution >= 0.6 is 27.3 Å². The lowest BCUT2D eigenvalue weighted by Crippen LogP contribution is -2.05. The van der Waals surface area contributed by atoms with Crippen LogP contribution < -0.4 is 5.32 Å². The van der Waals surface area contributed by atoms with Gasteiger partial charge in [-0.3, -0.25) is 4.98 Å². The molecule has 0 amide bonds. The third-order valence-electron chi connectivity index (χ3n) is 2.11. The number of nitrogens with zero attached hydrogens (tertiary/aromatic N) is 1. The van der Waals surface area contributed by atoms with E-state index in [0.29, 0.717) is 6.04 Å². The summed E-state index contributed by atoms with van der Waals surface area (Å²) in [6, 6.07) is 6.49.